The second-order valence-electron chi connectivity index (χ2n) is 5.38. The number of nitrogens with zero attached hydrogens (tertiary/aromatic N) is 2. The molecule has 1 fully saturated rings. The first-order valence-corrected chi connectivity index (χ1v) is 7.11. The summed E-state index contributed by atoms with van der Waals surface area (Å²) < 4.78 is 5.70. The van der Waals surface area contributed by atoms with Gasteiger partial charge in [-0.15, -0.1) is 0 Å². The molecule has 2 rings (SSSR count). The van der Waals surface area contributed by atoms with E-state index in [2.05, 4.69) is 0 Å². The molecule has 1 atom stereocenters. The van der Waals surface area contributed by atoms with Gasteiger partial charge in [0.25, 0.3) is 5.69 Å². The van der Waals surface area contributed by atoms with Gasteiger partial charge in [-0.05, 0) is 32.3 Å². The van der Waals surface area contributed by atoms with E-state index in [-0.39, 0.29) is 17.6 Å². The molecule has 0 N–H and O–H groups in total. The van der Waals surface area contributed by atoms with E-state index in [4.69, 9.17) is 4.74 Å². The van der Waals surface area contributed by atoms with Crippen molar-refractivity contribution in [2.45, 2.75) is 32.3 Å². The summed E-state index contributed by atoms with van der Waals surface area (Å²) in [6.07, 6.45) is 3.40. The van der Waals surface area contributed by atoms with E-state index in [1.807, 2.05) is 11.9 Å². The highest BCUT2D eigenvalue weighted by Crippen LogP contribution is 2.26. The van der Waals surface area contributed by atoms with E-state index in [1.54, 1.807) is 6.07 Å². The van der Waals surface area contributed by atoms with Crippen molar-refractivity contribution in [2.75, 3.05) is 25.1 Å². The number of rotatable bonds is 5. The molecule has 1 aromatic carbocycles. The molecule has 1 aliphatic rings. The van der Waals surface area contributed by atoms with Crippen molar-refractivity contribution < 1.29 is 14.5 Å². The van der Waals surface area contributed by atoms with Gasteiger partial charge in [0.15, 0.2) is 5.78 Å². The van der Waals surface area contributed by atoms with Gasteiger partial charge in [-0.1, -0.05) is 0 Å². The van der Waals surface area contributed by atoms with Gasteiger partial charge in [-0.2, -0.15) is 0 Å². The van der Waals surface area contributed by atoms with Crippen LogP contribution >= 0.6 is 0 Å². The molecule has 0 radical (unpaired) electrons. The first-order chi connectivity index (χ1) is 9.99. The zero-order valence-electron chi connectivity index (χ0n) is 12.4. The summed E-state index contributed by atoms with van der Waals surface area (Å²) in [6, 6.07) is 4.41. The van der Waals surface area contributed by atoms with Crippen molar-refractivity contribution in [2.24, 2.45) is 0 Å². The number of benzene rings is 1. The lowest BCUT2D eigenvalue weighted by molar-refractivity contribution is -0.384. The van der Waals surface area contributed by atoms with Crippen molar-refractivity contribution in [1.82, 2.24) is 0 Å². The molecule has 6 heteroatoms. The minimum atomic E-state index is -0.486. The van der Waals surface area contributed by atoms with Gasteiger partial charge in [0, 0.05) is 43.6 Å². The number of Topliss-reactive ketones (excluding diaryl/α,β-unsaturated/α-hetero) is 1. The fraction of sp³-hybridized carbons (Fsp3) is 0.533. The number of ether oxygens (including phenoxy) is 1. The third kappa shape index (κ3) is 3.78. The minimum absolute atomic E-state index is 0.0636. The Morgan fingerprint density at radius 3 is 2.81 bits per heavy atom. The van der Waals surface area contributed by atoms with Gasteiger partial charge in [-0.25, -0.2) is 0 Å². The highest BCUT2D eigenvalue weighted by atomic mass is 16.6. The van der Waals surface area contributed by atoms with Crippen molar-refractivity contribution in [3.05, 3.63) is 33.9 Å². The van der Waals surface area contributed by atoms with Crippen LogP contribution in [0.2, 0.25) is 0 Å². The van der Waals surface area contributed by atoms with Gasteiger partial charge in [0.1, 0.15) is 0 Å². The van der Waals surface area contributed by atoms with Crippen LogP contribution in [0.5, 0.6) is 0 Å². The van der Waals surface area contributed by atoms with E-state index in [9.17, 15) is 14.9 Å². The van der Waals surface area contributed by atoms with Crippen molar-refractivity contribution >= 4 is 17.2 Å². The Morgan fingerprint density at radius 1 is 1.48 bits per heavy atom. The number of carbonyl (C=O) groups is 1. The van der Waals surface area contributed by atoms with E-state index >= 15 is 0 Å². The molecule has 0 amide bonds. The summed E-state index contributed by atoms with van der Waals surface area (Å²) in [6.45, 7) is 2.88. The number of nitro benzene ring substituents is 1. The number of likely N-dealkylation sites (N-methyl/N-ethyl adjacent to an activating group) is 1. The third-order valence-corrected chi connectivity index (χ3v) is 3.73. The number of hydrogen-bond acceptors (Lipinski definition) is 5. The lowest BCUT2D eigenvalue weighted by Crippen LogP contribution is -2.34. The van der Waals surface area contributed by atoms with E-state index in [0.29, 0.717) is 17.8 Å². The van der Waals surface area contributed by atoms with E-state index < -0.39 is 4.92 Å². The van der Waals surface area contributed by atoms with Crippen LogP contribution in [-0.2, 0) is 4.74 Å². The standard InChI is InChI=1S/C15H20N2O4/c1-11(18)14-9-12(17(19)20)6-7-15(14)16(2)10-13-5-3-4-8-21-13/h6-7,9,13H,3-5,8,10H2,1-2H3. The maximum absolute atomic E-state index is 11.8. The molecular weight excluding hydrogens is 272 g/mol. The molecule has 0 spiro atoms. The first-order valence-electron chi connectivity index (χ1n) is 7.11. The molecule has 0 saturated carbocycles. The van der Waals surface area contributed by atoms with Crippen molar-refractivity contribution in [1.29, 1.82) is 0 Å². The molecule has 0 bridgehead atoms. The average Bonchev–Trinajstić information content (AvgIpc) is 2.47. The summed E-state index contributed by atoms with van der Waals surface area (Å²) >= 11 is 0. The van der Waals surface area contributed by atoms with Crippen LogP contribution in [0.3, 0.4) is 0 Å². The van der Waals surface area contributed by atoms with E-state index in [0.717, 1.165) is 25.9 Å². The SMILES string of the molecule is CC(=O)c1cc([N+](=O)[O-])ccc1N(C)CC1CCCCO1. The highest BCUT2D eigenvalue weighted by molar-refractivity contribution is 6.00. The van der Waals surface area contributed by atoms with Crippen LogP contribution < -0.4 is 4.90 Å². The van der Waals surface area contributed by atoms with Crippen LogP contribution in [0.1, 0.15) is 36.5 Å². The topological polar surface area (TPSA) is 72.7 Å². The van der Waals surface area contributed by atoms with Crippen LogP contribution in [-0.4, -0.2) is 37.0 Å². The van der Waals surface area contributed by atoms with Crippen LogP contribution in [0, 0.1) is 10.1 Å². The largest absolute Gasteiger partial charge is 0.376 e. The van der Waals surface area contributed by atoms with Crippen LogP contribution in [0.4, 0.5) is 11.4 Å². The average molecular weight is 292 g/mol. The molecule has 21 heavy (non-hydrogen) atoms. The number of non-ortho nitro benzene ring substituents is 1. The van der Waals surface area contributed by atoms with Crippen molar-refractivity contribution in [3.63, 3.8) is 0 Å². The molecule has 1 aromatic rings. The second kappa shape index (κ2) is 6.67. The smallest absolute Gasteiger partial charge is 0.270 e. The molecule has 1 aliphatic heterocycles. The van der Waals surface area contributed by atoms with Gasteiger partial charge >= 0.3 is 0 Å². The normalized spacial score (nSPS) is 18.3. The van der Waals surface area contributed by atoms with Crippen LogP contribution in [0.15, 0.2) is 18.2 Å². The second-order valence-corrected chi connectivity index (χ2v) is 5.38. The third-order valence-electron chi connectivity index (χ3n) is 3.73. The Labute approximate surface area is 123 Å². The van der Waals surface area contributed by atoms with Gasteiger partial charge in [0.2, 0.25) is 0 Å². The highest BCUT2D eigenvalue weighted by Gasteiger charge is 2.20. The zero-order chi connectivity index (χ0) is 15.4. The fourth-order valence-electron chi connectivity index (χ4n) is 2.61. The van der Waals surface area contributed by atoms with Gasteiger partial charge in [0.05, 0.1) is 11.0 Å². The Balaban J connectivity index is 2.20. The number of ketones is 1. The Hall–Kier alpha value is -1.95. The quantitative estimate of drug-likeness (QED) is 0.474. The Kier molecular flexibility index (Phi) is 4.90. The monoisotopic (exact) mass is 292 g/mol. The fourth-order valence-corrected chi connectivity index (χ4v) is 2.61. The van der Waals surface area contributed by atoms with Gasteiger partial charge < -0.3 is 9.64 Å². The van der Waals surface area contributed by atoms with Crippen molar-refractivity contribution in [3.8, 4) is 0 Å². The molecule has 0 aliphatic carbocycles. The Morgan fingerprint density at radius 2 is 2.24 bits per heavy atom. The molecular formula is C15H20N2O4. The molecule has 1 unspecified atom stereocenters. The first kappa shape index (κ1) is 15.4. The Bertz CT molecular complexity index is 538. The number of hydrogen-bond donors (Lipinski definition) is 0. The van der Waals surface area contributed by atoms with Crippen LogP contribution in [0.25, 0.3) is 0 Å². The maximum Gasteiger partial charge on any atom is 0.270 e. The number of carbonyl (C=O) groups excluding carboxylic acids is 1. The van der Waals surface area contributed by atoms with Gasteiger partial charge in [-0.3, -0.25) is 14.9 Å². The number of nitro groups is 1. The summed E-state index contributed by atoms with van der Waals surface area (Å²) in [5, 5.41) is 10.8. The summed E-state index contributed by atoms with van der Waals surface area (Å²) in [7, 11) is 1.88. The lowest BCUT2D eigenvalue weighted by atomic mass is 10.1. The summed E-state index contributed by atoms with van der Waals surface area (Å²) in [5.74, 6) is -0.176. The summed E-state index contributed by atoms with van der Waals surface area (Å²) in [4.78, 5) is 24.0. The maximum atomic E-state index is 11.8. The molecule has 1 heterocycles. The number of anilines is 1. The summed E-state index contributed by atoms with van der Waals surface area (Å²) in [5.41, 5.74) is 1.02. The molecule has 1 saturated heterocycles. The predicted octanol–water partition coefficient (Wildman–Crippen LogP) is 2.80. The molecule has 0 aromatic heterocycles. The molecule has 6 nitrogen and oxygen atoms in total. The zero-order valence-corrected chi connectivity index (χ0v) is 12.4. The lowest BCUT2D eigenvalue weighted by Gasteiger charge is -2.29. The molecule has 114 valence electrons. The predicted molar refractivity (Wildman–Crippen MR) is 80.0 cm³/mol. The minimum Gasteiger partial charge on any atom is -0.376 e. The van der Waals surface area contributed by atoms with E-state index in [1.165, 1.54) is 19.1 Å².